The lowest BCUT2D eigenvalue weighted by atomic mass is 10.1. The predicted octanol–water partition coefficient (Wildman–Crippen LogP) is 1.91. The molecule has 0 saturated carbocycles. The maximum absolute atomic E-state index is 12.1. The van der Waals surface area contributed by atoms with E-state index >= 15 is 0 Å². The lowest BCUT2D eigenvalue weighted by Gasteiger charge is -2.26. The molecule has 3 heterocycles. The van der Waals surface area contributed by atoms with Crippen LogP contribution < -0.4 is 5.32 Å². The highest BCUT2D eigenvalue weighted by Crippen LogP contribution is 2.22. The van der Waals surface area contributed by atoms with E-state index < -0.39 is 0 Å². The van der Waals surface area contributed by atoms with Crippen LogP contribution in [0.4, 0.5) is 0 Å². The van der Waals surface area contributed by atoms with E-state index in [0.717, 1.165) is 29.9 Å². The fourth-order valence-electron chi connectivity index (χ4n) is 2.50. The maximum atomic E-state index is 12.1. The van der Waals surface area contributed by atoms with Crippen LogP contribution in [0.3, 0.4) is 0 Å². The number of fused-ring (bicyclic) bond motifs is 1. The summed E-state index contributed by atoms with van der Waals surface area (Å²) in [6.45, 7) is 3.97. The minimum atomic E-state index is -0.00925. The van der Waals surface area contributed by atoms with Crippen LogP contribution >= 0.6 is 11.3 Å². The summed E-state index contributed by atoms with van der Waals surface area (Å²) < 4.78 is 0. The van der Waals surface area contributed by atoms with Crippen LogP contribution in [-0.2, 0) is 0 Å². The molecule has 1 amide bonds. The van der Waals surface area contributed by atoms with Gasteiger partial charge in [0.05, 0.1) is 4.88 Å². The number of amides is 1. The Hall–Kier alpha value is -1.53. The third kappa shape index (κ3) is 3.13. The molecule has 6 heteroatoms. The van der Waals surface area contributed by atoms with E-state index in [-0.39, 0.29) is 5.91 Å². The Morgan fingerprint density at radius 1 is 1.35 bits per heavy atom. The first kappa shape index (κ1) is 13.5. The van der Waals surface area contributed by atoms with Gasteiger partial charge in [-0.3, -0.25) is 4.79 Å². The molecule has 1 aliphatic heterocycles. The topological polar surface area (TPSA) is 58.1 Å². The molecule has 0 atom stereocenters. The van der Waals surface area contributed by atoms with Crippen molar-refractivity contribution >= 4 is 27.5 Å². The van der Waals surface area contributed by atoms with E-state index in [9.17, 15) is 4.79 Å². The molecular formula is C14H18N4OS. The molecule has 20 heavy (non-hydrogen) atoms. The predicted molar refractivity (Wildman–Crippen MR) is 80.0 cm³/mol. The second kappa shape index (κ2) is 6.28. The highest BCUT2D eigenvalue weighted by atomic mass is 32.1. The van der Waals surface area contributed by atoms with Gasteiger partial charge in [-0.15, -0.1) is 11.3 Å². The number of rotatable bonds is 4. The van der Waals surface area contributed by atoms with Gasteiger partial charge in [-0.25, -0.2) is 9.97 Å². The number of hydrogen-bond acceptors (Lipinski definition) is 5. The van der Waals surface area contributed by atoms with Gasteiger partial charge >= 0.3 is 0 Å². The van der Waals surface area contributed by atoms with Crippen molar-refractivity contribution in [3.8, 4) is 0 Å². The molecule has 1 aliphatic rings. The number of carbonyl (C=O) groups excluding carboxylic acids is 1. The van der Waals surface area contributed by atoms with Crippen molar-refractivity contribution in [1.82, 2.24) is 20.2 Å². The highest BCUT2D eigenvalue weighted by molar-refractivity contribution is 7.20. The van der Waals surface area contributed by atoms with Crippen LogP contribution in [0.25, 0.3) is 10.2 Å². The number of carbonyl (C=O) groups is 1. The normalized spacial score (nSPS) is 16.4. The Balaban J connectivity index is 1.53. The maximum Gasteiger partial charge on any atom is 0.261 e. The Kier molecular flexibility index (Phi) is 4.22. The number of piperidine rings is 1. The monoisotopic (exact) mass is 290 g/mol. The average Bonchev–Trinajstić information content (AvgIpc) is 2.92. The van der Waals surface area contributed by atoms with Crippen molar-refractivity contribution in [1.29, 1.82) is 0 Å². The summed E-state index contributed by atoms with van der Waals surface area (Å²) in [5.74, 6) is -0.00925. The number of likely N-dealkylation sites (tertiary alicyclic amines) is 1. The quantitative estimate of drug-likeness (QED) is 0.934. The largest absolute Gasteiger partial charge is 0.350 e. The van der Waals surface area contributed by atoms with E-state index in [1.807, 2.05) is 6.07 Å². The minimum absolute atomic E-state index is 0.00925. The third-order valence-electron chi connectivity index (χ3n) is 3.58. The number of thiophene rings is 1. The van der Waals surface area contributed by atoms with Crippen LogP contribution in [0, 0.1) is 0 Å². The van der Waals surface area contributed by atoms with Crippen LogP contribution in [0.5, 0.6) is 0 Å². The Morgan fingerprint density at radius 3 is 3.00 bits per heavy atom. The van der Waals surface area contributed by atoms with Crippen molar-refractivity contribution in [2.75, 3.05) is 26.2 Å². The summed E-state index contributed by atoms with van der Waals surface area (Å²) in [6, 6.07) is 1.86. The van der Waals surface area contributed by atoms with Crippen LogP contribution in [0.2, 0.25) is 0 Å². The van der Waals surface area contributed by atoms with Gasteiger partial charge in [0.2, 0.25) is 0 Å². The van der Waals surface area contributed by atoms with Gasteiger partial charge in [-0.2, -0.15) is 0 Å². The van der Waals surface area contributed by atoms with Gasteiger partial charge in [-0.05, 0) is 32.0 Å². The Bertz CT molecular complexity index is 559. The molecule has 0 aromatic carbocycles. The zero-order valence-electron chi connectivity index (χ0n) is 11.3. The van der Waals surface area contributed by atoms with Crippen molar-refractivity contribution in [2.45, 2.75) is 19.3 Å². The van der Waals surface area contributed by atoms with Gasteiger partial charge in [0.1, 0.15) is 11.2 Å². The molecule has 0 bridgehead atoms. The van der Waals surface area contributed by atoms with E-state index in [1.165, 1.54) is 36.9 Å². The summed E-state index contributed by atoms with van der Waals surface area (Å²) in [6.07, 6.45) is 7.15. The van der Waals surface area contributed by atoms with Crippen molar-refractivity contribution in [2.24, 2.45) is 0 Å². The fourth-order valence-corrected chi connectivity index (χ4v) is 3.39. The van der Waals surface area contributed by atoms with Crippen LogP contribution in [0.1, 0.15) is 28.9 Å². The molecule has 0 radical (unpaired) electrons. The summed E-state index contributed by atoms with van der Waals surface area (Å²) in [7, 11) is 0. The highest BCUT2D eigenvalue weighted by Gasteiger charge is 2.12. The van der Waals surface area contributed by atoms with E-state index in [0.29, 0.717) is 11.4 Å². The minimum Gasteiger partial charge on any atom is -0.350 e. The van der Waals surface area contributed by atoms with Gasteiger partial charge in [0, 0.05) is 24.7 Å². The van der Waals surface area contributed by atoms with E-state index in [2.05, 4.69) is 20.2 Å². The molecule has 0 spiro atoms. The smallest absolute Gasteiger partial charge is 0.261 e. The van der Waals surface area contributed by atoms with Gasteiger partial charge in [0.25, 0.3) is 5.91 Å². The summed E-state index contributed by atoms with van der Waals surface area (Å²) in [4.78, 5) is 24.2. The molecule has 5 nitrogen and oxygen atoms in total. The summed E-state index contributed by atoms with van der Waals surface area (Å²) >= 11 is 1.41. The molecular weight excluding hydrogens is 272 g/mol. The lowest BCUT2D eigenvalue weighted by Crippen LogP contribution is -2.37. The van der Waals surface area contributed by atoms with Crippen LogP contribution in [-0.4, -0.2) is 47.0 Å². The fraction of sp³-hybridized carbons (Fsp3) is 0.500. The second-order valence-electron chi connectivity index (χ2n) is 5.05. The van der Waals surface area contributed by atoms with Gasteiger partial charge in [0.15, 0.2) is 0 Å². The number of aromatic nitrogens is 2. The Labute approximate surface area is 122 Å². The zero-order valence-corrected chi connectivity index (χ0v) is 12.2. The van der Waals surface area contributed by atoms with Gasteiger partial charge in [-0.1, -0.05) is 6.42 Å². The first-order valence-corrected chi connectivity index (χ1v) is 7.85. The molecule has 0 aliphatic carbocycles. The van der Waals surface area contributed by atoms with Crippen molar-refractivity contribution < 1.29 is 4.79 Å². The summed E-state index contributed by atoms with van der Waals surface area (Å²) in [5.41, 5.74) is 0. The van der Waals surface area contributed by atoms with E-state index in [1.54, 1.807) is 6.20 Å². The first-order valence-electron chi connectivity index (χ1n) is 7.03. The SMILES string of the molecule is O=C(NCCN1CCCCC1)c1cc2cncnc2s1. The molecule has 1 N–H and O–H groups in total. The summed E-state index contributed by atoms with van der Waals surface area (Å²) in [5, 5.41) is 3.92. The van der Waals surface area contributed by atoms with E-state index in [4.69, 9.17) is 0 Å². The average molecular weight is 290 g/mol. The van der Waals surface area contributed by atoms with Crippen LogP contribution in [0.15, 0.2) is 18.6 Å². The lowest BCUT2D eigenvalue weighted by molar-refractivity contribution is 0.0950. The van der Waals surface area contributed by atoms with Crippen molar-refractivity contribution in [3.63, 3.8) is 0 Å². The number of nitrogens with zero attached hydrogens (tertiary/aromatic N) is 3. The zero-order chi connectivity index (χ0) is 13.8. The molecule has 1 saturated heterocycles. The molecule has 106 valence electrons. The molecule has 1 fully saturated rings. The molecule has 0 unspecified atom stereocenters. The Morgan fingerprint density at radius 2 is 2.20 bits per heavy atom. The molecule has 3 rings (SSSR count). The first-order chi connectivity index (χ1) is 9.83. The third-order valence-corrected chi connectivity index (χ3v) is 4.64. The number of nitrogens with one attached hydrogen (secondary N) is 1. The second-order valence-corrected chi connectivity index (χ2v) is 6.08. The van der Waals surface area contributed by atoms with Gasteiger partial charge < -0.3 is 10.2 Å². The molecule has 2 aromatic heterocycles. The molecule has 2 aromatic rings. The number of hydrogen-bond donors (Lipinski definition) is 1. The standard InChI is InChI=1S/C14H18N4OS/c19-13(16-4-7-18-5-2-1-3-6-18)12-8-11-9-15-10-17-14(11)20-12/h8-10H,1-7H2,(H,16,19). The van der Waals surface area contributed by atoms with Crippen molar-refractivity contribution in [3.05, 3.63) is 23.5 Å².